The minimum atomic E-state index is -0.438. The quantitative estimate of drug-likeness (QED) is 0.621. The van der Waals surface area contributed by atoms with Crippen molar-refractivity contribution in [2.45, 2.75) is 13.8 Å². The minimum Gasteiger partial charge on any atom is -0.322 e. The second-order valence-corrected chi connectivity index (χ2v) is 2.45. The molecule has 0 atom stereocenters. The normalized spacial score (nSPS) is 9.83. The van der Waals surface area contributed by atoms with Crippen LogP contribution in [0.2, 0.25) is 0 Å². The monoisotopic (exact) mass is 169 g/mol. The molecule has 0 fully saturated rings. The van der Waals surface area contributed by atoms with E-state index in [-0.39, 0.29) is 5.56 Å². The first-order valence-corrected chi connectivity index (χ1v) is 3.71. The highest BCUT2D eigenvalue weighted by molar-refractivity contribution is 5.01. The first kappa shape index (κ1) is 8.58. The molecule has 0 spiro atoms. The van der Waals surface area contributed by atoms with Gasteiger partial charge in [-0.05, 0) is 13.8 Å². The molecule has 66 valence electrons. The molecule has 0 aliphatic carbocycles. The van der Waals surface area contributed by atoms with E-state index in [0.717, 1.165) is 0 Å². The number of aromatic amines is 1. The SMILES string of the molecule is CCNn1cc(C)c(=O)[nH]c1=O. The van der Waals surface area contributed by atoms with Gasteiger partial charge in [0.25, 0.3) is 5.56 Å². The summed E-state index contributed by atoms with van der Waals surface area (Å²) in [5.41, 5.74) is 2.51. The number of hydrogen-bond donors (Lipinski definition) is 2. The van der Waals surface area contributed by atoms with Crippen molar-refractivity contribution in [3.8, 4) is 0 Å². The second kappa shape index (κ2) is 3.25. The Morgan fingerprint density at radius 2 is 2.25 bits per heavy atom. The van der Waals surface area contributed by atoms with Crippen molar-refractivity contribution in [2.24, 2.45) is 0 Å². The molecule has 0 amide bonds. The molecule has 0 aliphatic heterocycles. The number of nitrogens with one attached hydrogen (secondary N) is 2. The van der Waals surface area contributed by atoms with E-state index >= 15 is 0 Å². The van der Waals surface area contributed by atoms with Crippen molar-refractivity contribution < 1.29 is 0 Å². The highest BCUT2D eigenvalue weighted by Gasteiger charge is 1.97. The fourth-order valence-corrected chi connectivity index (χ4v) is 0.855. The number of H-pyrrole nitrogens is 1. The second-order valence-electron chi connectivity index (χ2n) is 2.45. The van der Waals surface area contributed by atoms with Gasteiger partial charge in [0.05, 0.1) is 0 Å². The predicted molar refractivity (Wildman–Crippen MR) is 46.0 cm³/mol. The highest BCUT2D eigenvalue weighted by Crippen LogP contribution is 1.79. The summed E-state index contributed by atoms with van der Waals surface area (Å²) in [5.74, 6) is 0. The minimum absolute atomic E-state index is 0.339. The molecule has 0 radical (unpaired) electrons. The maximum atomic E-state index is 11.0. The summed E-state index contributed by atoms with van der Waals surface area (Å²) in [7, 11) is 0. The van der Waals surface area contributed by atoms with Crippen molar-refractivity contribution in [1.29, 1.82) is 0 Å². The third-order valence-corrected chi connectivity index (χ3v) is 1.45. The molecule has 0 aliphatic rings. The van der Waals surface area contributed by atoms with Gasteiger partial charge in [0, 0.05) is 18.3 Å². The Morgan fingerprint density at radius 3 is 2.83 bits per heavy atom. The van der Waals surface area contributed by atoms with Crippen LogP contribution in [0.15, 0.2) is 15.8 Å². The van der Waals surface area contributed by atoms with Gasteiger partial charge in [-0.3, -0.25) is 9.78 Å². The fourth-order valence-electron chi connectivity index (χ4n) is 0.855. The molecule has 0 saturated carbocycles. The molecule has 1 heterocycles. The van der Waals surface area contributed by atoms with E-state index in [0.29, 0.717) is 12.1 Å². The van der Waals surface area contributed by atoms with Crippen LogP contribution in [0, 0.1) is 6.92 Å². The molecule has 0 aromatic carbocycles. The van der Waals surface area contributed by atoms with Crippen LogP contribution < -0.4 is 16.7 Å². The first-order chi connectivity index (χ1) is 5.65. The lowest BCUT2D eigenvalue weighted by atomic mass is 10.4. The third-order valence-electron chi connectivity index (χ3n) is 1.45. The molecule has 1 aromatic rings. The number of nitrogens with zero attached hydrogens (tertiary/aromatic N) is 1. The van der Waals surface area contributed by atoms with Crippen LogP contribution in [0.3, 0.4) is 0 Å². The van der Waals surface area contributed by atoms with E-state index in [9.17, 15) is 9.59 Å². The Balaban J connectivity index is 3.24. The number of hydrogen-bond acceptors (Lipinski definition) is 3. The zero-order valence-corrected chi connectivity index (χ0v) is 7.05. The summed E-state index contributed by atoms with van der Waals surface area (Å²) < 4.78 is 1.26. The number of rotatable bonds is 2. The summed E-state index contributed by atoms with van der Waals surface area (Å²) in [6.45, 7) is 4.14. The Kier molecular flexibility index (Phi) is 2.32. The van der Waals surface area contributed by atoms with E-state index in [1.54, 1.807) is 6.92 Å². The van der Waals surface area contributed by atoms with Gasteiger partial charge in [-0.15, -0.1) is 0 Å². The maximum Gasteiger partial charge on any atom is 0.346 e. The molecule has 0 unspecified atom stereocenters. The van der Waals surface area contributed by atoms with Gasteiger partial charge in [-0.1, -0.05) is 0 Å². The largest absolute Gasteiger partial charge is 0.346 e. The van der Waals surface area contributed by atoms with Gasteiger partial charge in [0.1, 0.15) is 0 Å². The summed E-state index contributed by atoms with van der Waals surface area (Å²) in [4.78, 5) is 24.1. The molecule has 0 saturated heterocycles. The maximum absolute atomic E-state index is 11.0. The molecule has 1 rings (SSSR count). The van der Waals surface area contributed by atoms with Crippen LogP contribution in [-0.2, 0) is 0 Å². The molecule has 0 bridgehead atoms. The standard InChI is InChI=1S/C7H11N3O2/c1-3-8-10-4-5(2)6(11)9-7(10)12/h4,8H,3H2,1-2H3,(H,9,11,12). The van der Waals surface area contributed by atoms with Gasteiger partial charge < -0.3 is 5.43 Å². The first-order valence-electron chi connectivity index (χ1n) is 3.71. The topological polar surface area (TPSA) is 66.9 Å². The van der Waals surface area contributed by atoms with E-state index in [1.165, 1.54) is 10.9 Å². The van der Waals surface area contributed by atoms with Gasteiger partial charge in [0.15, 0.2) is 0 Å². The van der Waals surface area contributed by atoms with Crippen molar-refractivity contribution in [3.63, 3.8) is 0 Å². The van der Waals surface area contributed by atoms with E-state index < -0.39 is 5.69 Å². The lowest BCUT2D eigenvalue weighted by Gasteiger charge is -2.05. The van der Waals surface area contributed by atoms with E-state index in [2.05, 4.69) is 10.4 Å². The van der Waals surface area contributed by atoms with Crippen molar-refractivity contribution >= 4 is 0 Å². The fraction of sp³-hybridized carbons (Fsp3) is 0.429. The lowest BCUT2D eigenvalue weighted by molar-refractivity contribution is 0.768. The number of aromatic nitrogens is 2. The molecule has 12 heavy (non-hydrogen) atoms. The Hall–Kier alpha value is -1.52. The van der Waals surface area contributed by atoms with Crippen LogP contribution in [0.5, 0.6) is 0 Å². The molecule has 1 aromatic heterocycles. The van der Waals surface area contributed by atoms with Gasteiger partial charge in [-0.2, -0.15) is 0 Å². The van der Waals surface area contributed by atoms with Crippen molar-refractivity contribution in [2.75, 3.05) is 12.0 Å². The lowest BCUT2D eigenvalue weighted by Crippen LogP contribution is -2.35. The smallest absolute Gasteiger partial charge is 0.322 e. The summed E-state index contributed by atoms with van der Waals surface area (Å²) in [6, 6.07) is 0. The highest BCUT2D eigenvalue weighted by atomic mass is 16.2. The zero-order chi connectivity index (χ0) is 9.14. The van der Waals surface area contributed by atoms with E-state index in [1.807, 2.05) is 6.92 Å². The van der Waals surface area contributed by atoms with Crippen LogP contribution >= 0.6 is 0 Å². The van der Waals surface area contributed by atoms with Crippen LogP contribution in [-0.4, -0.2) is 16.2 Å². The van der Waals surface area contributed by atoms with Crippen LogP contribution in [0.1, 0.15) is 12.5 Å². The summed E-state index contributed by atoms with van der Waals surface area (Å²) in [6.07, 6.45) is 1.48. The number of aryl methyl sites for hydroxylation is 1. The Morgan fingerprint density at radius 1 is 1.58 bits per heavy atom. The average molecular weight is 169 g/mol. The summed E-state index contributed by atoms with van der Waals surface area (Å²) >= 11 is 0. The Bertz CT molecular complexity index is 377. The molecule has 2 N–H and O–H groups in total. The van der Waals surface area contributed by atoms with Crippen molar-refractivity contribution in [1.82, 2.24) is 9.66 Å². The van der Waals surface area contributed by atoms with Crippen LogP contribution in [0.25, 0.3) is 0 Å². The average Bonchev–Trinajstić information content (AvgIpc) is 2.01. The van der Waals surface area contributed by atoms with Crippen LogP contribution in [0.4, 0.5) is 0 Å². The van der Waals surface area contributed by atoms with Crippen molar-refractivity contribution in [3.05, 3.63) is 32.6 Å². The van der Waals surface area contributed by atoms with Gasteiger partial charge >= 0.3 is 5.69 Å². The Labute approximate surface area is 69.0 Å². The summed E-state index contributed by atoms with van der Waals surface area (Å²) in [5, 5.41) is 0. The van der Waals surface area contributed by atoms with E-state index in [4.69, 9.17) is 0 Å². The predicted octanol–water partition coefficient (Wildman–Crippen LogP) is -0.592. The molecule has 5 heteroatoms. The molecule has 5 nitrogen and oxygen atoms in total. The molecular formula is C7H11N3O2. The van der Waals surface area contributed by atoms with Gasteiger partial charge in [-0.25, -0.2) is 9.47 Å². The zero-order valence-electron chi connectivity index (χ0n) is 7.05. The molecular weight excluding hydrogens is 158 g/mol. The third kappa shape index (κ3) is 1.55. The van der Waals surface area contributed by atoms with Gasteiger partial charge in [0.2, 0.25) is 0 Å².